The Morgan fingerprint density at radius 2 is 2.31 bits per heavy atom. The van der Waals surface area contributed by atoms with Gasteiger partial charge in [-0.2, -0.15) is 3.97 Å². The normalized spacial score (nSPS) is 12.2. The van der Waals surface area contributed by atoms with Crippen molar-refractivity contribution >= 4 is 11.9 Å². The molecule has 0 aromatic carbocycles. The third kappa shape index (κ3) is 3.02. The lowest BCUT2D eigenvalue weighted by Crippen LogP contribution is -2.37. The summed E-state index contributed by atoms with van der Waals surface area (Å²) in [6.45, 7) is 2.11. The van der Waals surface area contributed by atoms with Crippen molar-refractivity contribution in [2.24, 2.45) is 0 Å². The molecule has 0 aliphatic rings. The predicted octanol–water partition coefficient (Wildman–Crippen LogP) is 1.28. The average Bonchev–Trinajstić information content (AvgIpc) is 2.55. The maximum absolute atomic E-state index is 5.28. The fourth-order valence-electron chi connectivity index (χ4n) is 1.13. The monoisotopic (exact) mass is 204 g/mol. The zero-order valence-corrected chi connectivity index (χ0v) is 8.99. The van der Waals surface area contributed by atoms with Crippen LogP contribution in [0.2, 0.25) is 0 Å². The molecule has 0 amide bonds. The van der Waals surface area contributed by atoms with Gasteiger partial charge in [0.1, 0.15) is 12.4 Å². The Bertz CT molecular complexity index is 236. The lowest BCUT2D eigenvalue weighted by atomic mass is 10.4. The first-order chi connectivity index (χ1) is 5.81. The Kier molecular flexibility index (Phi) is 5.77. The quantitative estimate of drug-likeness (QED) is 0.694. The number of imidazole rings is 1. The first kappa shape index (κ1) is 12.5. The van der Waals surface area contributed by atoms with Crippen molar-refractivity contribution < 1.29 is 14.8 Å². The van der Waals surface area contributed by atoms with E-state index in [0.29, 0.717) is 0 Å². The van der Waals surface area contributed by atoms with E-state index in [-0.39, 0.29) is 11.7 Å². The summed E-state index contributed by atoms with van der Waals surface area (Å²) in [7, 11) is 1.73. The smallest absolute Gasteiger partial charge is 0.257 e. The van der Waals surface area contributed by atoms with Crippen molar-refractivity contribution in [1.82, 2.24) is 3.97 Å². The molecule has 0 saturated heterocycles. The minimum absolute atomic E-state index is 0. The molecule has 1 N–H and O–H groups in total. The number of ether oxygens (including phenoxy) is 1. The van der Waals surface area contributed by atoms with Crippen LogP contribution in [0.4, 0.5) is 0 Å². The molecule has 1 heterocycles. The van der Waals surface area contributed by atoms with E-state index in [9.17, 15) is 0 Å². The van der Waals surface area contributed by atoms with Crippen LogP contribution in [-0.4, -0.2) is 22.8 Å². The minimum Gasteiger partial charge on any atom is -0.870 e. The molecule has 0 bridgehead atoms. The number of methoxy groups -OCH3 is 1. The highest BCUT2D eigenvalue weighted by Crippen LogP contribution is 2.04. The van der Waals surface area contributed by atoms with Crippen LogP contribution in [0.15, 0.2) is 18.7 Å². The van der Waals surface area contributed by atoms with E-state index < -0.39 is 0 Å². The Balaban J connectivity index is 0.00000144. The largest absolute Gasteiger partial charge is 0.870 e. The Labute approximate surface area is 83.0 Å². The molecule has 4 nitrogen and oxygen atoms in total. The zero-order valence-electron chi connectivity index (χ0n) is 8.17. The van der Waals surface area contributed by atoms with Crippen LogP contribution >= 0.6 is 11.9 Å². The molecule has 13 heavy (non-hydrogen) atoms. The lowest BCUT2D eigenvalue weighted by Gasteiger charge is -2.07. The van der Waals surface area contributed by atoms with Gasteiger partial charge >= 0.3 is 0 Å². The van der Waals surface area contributed by atoms with Gasteiger partial charge < -0.3 is 10.2 Å². The van der Waals surface area contributed by atoms with Gasteiger partial charge in [0.15, 0.2) is 0 Å². The molecular formula is C8H16N2O2S. The highest BCUT2D eigenvalue weighted by Gasteiger charge is 2.12. The molecular weight excluding hydrogens is 188 g/mol. The number of rotatable bonds is 4. The molecule has 1 aromatic heterocycles. The van der Waals surface area contributed by atoms with E-state index >= 15 is 0 Å². The number of hydrogen-bond donors (Lipinski definition) is 0. The standard InChI is InChI=1S/C8H15N2OS.H2O/c1-4-8(11-2)9-5-6-10(7-9)12-3;/h5-8H,4H2,1-3H3;1H2/q+1;/p-1. The highest BCUT2D eigenvalue weighted by atomic mass is 32.2. The maximum Gasteiger partial charge on any atom is 0.257 e. The van der Waals surface area contributed by atoms with Crippen molar-refractivity contribution in [2.45, 2.75) is 19.6 Å². The summed E-state index contributed by atoms with van der Waals surface area (Å²) in [5.74, 6) is 0. The molecule has 1 unspecified atom stereocenters. The first-order valence-electron chi connectivity index (χ1n) is 3.97. The van der Waals surface area contributed by atoms with Gasteiger partial charge in [-0.1, -0.05) is 6.92 Å². The summed E-state index contributed by atoms with van der Waals surface area (Å²) in [5.41, 5.74) is 0. The van der Waals surface area contributed by atoms with Crippen LogP contribution in [0, 0.1) is 0 Å². The number of hydrogen-bond acceptors (Lipinski definition) is 3. The van der Waals surface area contributed by atoms with Gasteiger partial charge in [-0.25, -0.2) is 4.57 Å². The topological polar surface area (TPSA) is 48.0 Å². The fraction of sp³-hybridized carbons (Fsp3) is 0.625. The van der Waals surface area contributed by atoms with Crippen molar-refractivity contribution in [1.29, 1.82) is 0 Å². The van der Waals surface area contributed by atoms with Crippen LogP contribution in [0.1, 0.15) is 19.6 Å². The number of nitrogens with zero attached hydrogens (tertiary/aromatic N) is 2. The summed E-state index contributed by atoms with van der Waals surface area (Å²) in [5, 5.41) is 0. The van der Waals surface area contributed by atoms with Crippen LogP contribution in [0.5, 0.6) is 0 Å². The third-order valence-corrected chi connectivity index (χ3v) is 2.44. The van der Waals surface area contributed by atoms with Gasteiger partial charge in [-0.15, -0.1) is 0 Å². The molecule has 1 aromatic rings. The molecule has 1 rings (SSSR count). The Hall–Kier alpha value is -0.520. The molecule has 1 atom stereocenters. The van der Waals surface area contributed by atoms with E-state index in [0.717, 1.165) is 6.42 Å². The third-order valence-electron chi connectivity index (χ3n) is 1.80. The fourth-order valence-corrected chi connectivity index (χ4v) is 1.51. The Morgan fingerprint density at radius 3 is 2.69 bits per heavy atom. The van der Waals surface area contributed by atoms with Crippen LogP contribution in [0.3, 0.4) is 0 Å². The zero-order chi connectivity index (χ0) is 8.97. The SMILES string of the molecule is CCC(OC)[n+]1ccn(SC)c1.[OH-]. The molecule has 0 radical (unpaired) electrons. The van der Waals surface area contributed by atoms with Gasteiger partial charge in [0.25, 0.3) is 6.33 Å². The summed E-state index contributed by atoms with van der Waals surface area (Å²) >= 11 is 1.67. The van der Waals surface area contributed by atoms with Gasteiger partial charge in [0.2, 0.25) is 6.23 Å². The Morgan fingerprint density at radius 1 is 1.62 bits per heavy atom. The first-order valence-corrected chi connectivity index (χ1v) is 5.16. The average molecular weight is 204 g/mol. The second-order valence-electron chi connectivity index (χ2n) is 2.50. The van der Waals surface area contributed by atoms with E-state index in [1.165, 1.54) is 0 Å². The second kappa shape index (κ2) is 6.01. The van der Waals surface area contributed by atoms with Crippen LogP contribution in [-0.2, 0) is 4.74 Å². The summed E-state index contributed by atoms with van der Waals surface area (Å²) in [6.07, 6.45) is 9.26. The molecule has 0 spiro atoms. The second-order valence-corrected chi connectivity index (χ2v) is 3.29. The molecule has 0 aliphatic heterocycles. The van der Waals surface area contributed by atoms with Gasteiger partial charge in [0, 0.05) is 19.8 Å². The van der Waals surface area contributed by atoms with E-state index in [4.69, 9.17) is 4.74 Å². The maximum atomic E-state index is 5.28. The van der Waals surface area contributed by atoms with Crippen molar-refractivity contribution in [2.75, 3.05) is 13.4 Å². The summed E-state index contributed by atoms with van der Waals surface area (Å²) in [6, 6.07) is 0. The highest BCUT2D eigenvalue weighted by molar-refractivity contribution is 7.97. The van der Waals surface area contributed by atoms with E-state index in [1.807, 2.05) is 28.9 Å². The van der Waals surface area contributed by atoms with E-state index in [2.05, 4.69) is 11.5 Å². The molecule has 0 fully saturated rings. The molecule has 0 saturated carbocycles. The number of aromatic nitrogens is 2. The van der Waals surface area contributed by atoms with Crippen LogP contribution < -0.4 is 4.57 Å². The molecule has 5 heteroatoms. The van der Waals surface area contributed by atoms with E-state index in [1.54, 1.807) is 19.1 Å². The summed E-state index contributed by atoms with van der Waals surface area (Å²) in [4.78, 5) is 0. The summed E-state index contributed by atoms with van der Waals surface area (Å²) < 4.78 is 9.39. The van der Waals surface area contributed by atoms with Gasteiger partial charge in [-0.3, -0.25) is 0 Å². The predicted molar refractivity (Wildman–Crippen MR) is 51.8 cm³/mol. The van der Waals surface area contributed by atoms with Crippen molar-refractivity contribution in [3.05, 3.63) is 18.7 Å². The van der Waals surface area contributed by atoms with Crippen molar-refractivity contribution in [3.8, 4) is 0 Å². The van der Waals surface area contributed by atoms with Gasteiger partial charge in [0.05, 0.1) is 11.9 Å². The minimum atomic E-state index is 0. The van der Waals surface area contributed by atoms with Crippen molar-refractivity contribution in [3.63, 3.8) is 0 Å². The lowest BCUT2D eigenvalue weighted by molar-refractivity contribution is -0.760. The van der Waals surface area contributed by atoms with Crippen LogP contribution in [0.25, 0.3) is 0 Å². The molecule has 76 valence electrons. The molecule has 0 aliphatic carbocycles. The van der Waals surface area contributed by atoms with Gasteiger partial charge in [-0.05, 0) is 0 Å².